The summed E-state index contributed by atoms with van der Waals surface area (Å²) in [5.41, 5.74) is 2.05. The van der Waals surface area contributed by atoms with E-state index in [-0.39, 0.29) is 21.8 Å². The Hall–Kier alpha value is -2.56. The Labute approximate surface area is 161 Å². The highest BCUT2D eigenvalue weighted by Gasteiger charge is 2.13. The Morgan fingerprint density at radius 3 is 2.38 bits per heavy atom. The molecule has 0 atom stereocenters. The minimum atomic E-state index is -0.378. The summed E-state index contributed by atoms with van der Waals surface area (Å²) in [5.74, 6) is 0.414. The second-order valence-corrected chi connectivity index (χ2v) is 6.31. The van der Waals surface area contributed by atoms with Crippen LogP contribution >= 0.6 is 23.2 Å². The predicted molar refractivity (Wildman–Crippen MR) is 103 cm³/mol. The molecule has 1 aromatic heterocycles. The van der Waals surface area contributed by atoms with Crippen molar-refractivity contribution >= 4 is 29.1 Å². The topological polar surface area (TPSA) is 51.2 Å². The van der Waals surface area contributed by atoms with E-state index in [0.717, 1.165) is 16.9 Å². The average Bonchev–Trinajstić information content (AvgIpc) is 2.67. The first-order valence-electron chi connectivity index (χ1n) is 7.98. The van der Waals surface area contributed by atoms with Crippen LogP contribution in [-0.4, -0.2) is 10.9 Å². The van der Waals surface area contributed by atoms with Crippen molar-refractivity contribution in [2.75, 3.05) is 0 Å². The van der Waals surface area contributed by atoms with Gasteiger partial charge in [-0.25, -0.2) is 4.98 Å². The molecule has 3 aromatic rings. The highest BCUT2D eigenvalue weighted by Crippen LogP contribution is 2.18. The summed E-state index contributed by atoms with van der Waals surface area (Å²) in [5, 5.41) is 3.30. The Bertz CT molecular complexity index is 901. The van der Waals surface area contributed by atoms with Crippen LogP contribution < -0.4 is 10.1 Å². The zero-order valence-electron chi connectivity index (χ0n) is 13.8. The van der Waals surface area contributed by atoms with Crippen LogP contribution in [-0.2, 0) is 13.2 Å². The lowest BCUT2D eigenvalue weighted by molar-refractivity contribution is 0.0946. The number of hydrogen-bond acceptors (Lipinski definition) is 3. The number of ether oxygens (including phenoxy) is 1. The van der Waals surface area contributed by atoms with Gasteiger partial charge in [-0.1, -0.05) is 65.7 Å². The third-order valence-corrected chi connectivity index (χ3v) is 4.24. The van der Waals surface area contributed by atoms with E-state index in [1.54, 1.807) is 6.07 Å². The number of para-hydroxylation sites is 1. The maximum absolute atomic E-state index is 12.3. The van der Waals surface area contributed by atoms with Crippen LogP contribution in [0.25, 0.3) is 0 Å². The van der Waals surface area contributed by atoms with Gasteiger partial charge in [0.2, 0.25) is 0 Å². The zero-order chi connectivity index (χ0) is 18.4. The van der Waals surface area contributed by atoms with Crippen molar-refractivity contribution in [2.45, 2.75) is 13.2 Å². The Balaban J connectivity index is 1.66. The number of nitrogens with zero attached hydrogens (tertiary/aromatic N) is 1. The quantitative estimate of drug-likeness (QED) is 0.613. The first-order chi connectivity index (χ1) is 12.6. The summed E-state index contributed by atoms with van der Waals surface area (Å²) < 4.78 is 5.80. The molecular weight excluding hydrogens is 371 g/mol. The molecule has 1 amide bonds. The summed E-state index contributed by atoms with van der Waals surface area (Å²) >= 11 is 11.9. The van der Waals surface area contributed by atoms with Crippen molar-refractivity contribution in [2.24, 2.45) is 0 Å². The van der Waals surface area contributed by atoms with Gasteiger partial charge < -0.3 is 10.1 Å². The van der Waals surface area contributed by atoms with Gasteiger partial charge in [0.15, 0.2) is 0 Å². The molecule has 0 aliphatic rings. The van der Waals surface area contributed by atoms with Gasteiger partial charge in [0, 0.05) is 6.54 Å². The van der Waals surface area contributed by atoms with E-state index in [1.165, 1.54) is 6.07 Å². The highest BCUT2D eigenvalue weighted by atomic mass is 35.5. The molecule has 3 rings (SSSR count). The molecule has 2 aromatic carbocycles. The molecule has 132 valence electrons. The number of carbonyl (C=O) groups excluding carboxylic acids is 1. The normalized spacial score (nSPS) is 10.4. The molecule has 0 spiro atoms. The number of amides is 1. The number of carbonyl (C=O) groups is 1. The summed E-state index contributed by atoms with van der Waals surface area (Å²) in [6, 6.07) is 20.4. The van der Waals surface area contributed by atoms with Gasteiger partial charge in [-0.05, 0) is 35.4 Å². The maximum Gasteiger partial charge on any atom is 0.271 e. The standard InChI is InChI=1S/C20H16Cl2N2O2/c21-17-10-11-18(22)24-19(17)20(25)23-12-14-6-4-5-7-15(14)13-26-16-8-2-1-3-9-16/h1-11H,12-13H2,(H,23,25). The van der Waals surface area contributed by atoms with Crippen LogP contribution in [0.1, 0.15) is 21.6 Å². The van der Waals surface area contributed by atoms with Crippen molar-refractivity contribution in [3.8, 4) is 5.75 Å². The Morgan fingerprint density at radius 2 is 1.62 bits per heavy atom. The monoisotopic (exact) mass is 386 g/mol. The van der Waals surface area contributed by atoms with E-state index in [1.807, 2.05) is 54.6 Å². The molecule has 0 unspecified atom stereocenters. The fourth-order valence-electron chi connectivity index (χ4n) is 2.39. The Morgan fingerprint density at radius 1 is 0.923 bits per heavy atom. The van der Waals surface area contributed by atoms with Gasteiger partial charge in [-0.2, -0.15) is 0 Å². The lowest BCUT2D eigenvalue weighted by Crippen LogP contribution is -2.25. The molecule has 1 heterocycles. The van der Waals surface area contributed by atoms with Crippen molar-refractivity contribution in [3.05, 3.63) is 93.7 Å². The van der Waals surface area contributed by atoms with Crippen LogP contribution in [0.5, 0.6) is 5.75 Å². The van der Waals surface area contributed by atoms with Gasteiger partial charge >= 0.3 is 0 Å². The van der Waals surface area contributed by atoms with Crippen LogP contribution in [0.15, 0.2) is 66.7 Å². The van der Waals surface area contributed by atoms with E-state index >= 15 is 0 Å². The van der Waals surface area contributed by atoms with Crippen molar-refractivity contribution in [1.29, 1.82) is 0 Å². The average molecular weight is 387 g/mol. The molecule has 0 bridgehead atoms. The first kappa shape index (κ1) is 18.2. The van der Waals surface area contributed by atoms with Crippen LogP contribution in [0.4, 0.5) is 0 Å². The minimum absolute atomic E-state index is 0.109. The SMILES string of the molecule is O=C(NCc1ccccc1COc1ccccc1)c1nc(Cl)ccc1Cl. The highest BCUT2D eigenvalue weighted by molar-refractivity contribution is 6.34. The number of nitrogens with one attached hydrogen (secondary N) is 1. The summed E-state index contributed by atoms with van der Waals surface area (Å²) in [4.78, 5) is 16.3. The molecule has 0 aliphatic carbocycles. The van der Waals surface area contributed by atoms with Gasteiger partial charge in [-0.15, -0.1) is 0 Å². The molecule has 0 saturated carbocycles. The fourth-order valence-corrected chi connectivity index (χ4v) is 2.72. The second kappa shape index (κ2) is 8.70. The number of pyridine rings is 1. The molecule has 0 saturated heterocycles. The molecule has 0 aliphatic heterocycles. The van der Waals surface area contributed by atoms with E-state index in [4.69, 9.17) is 27.9 Å². The van der Waals surface area contributed by atoms with Gasteiger partial charge in [0.1, 0.15) is 23.2 Å². The number of benzene rings is 2. The fraction of sp³-hybridized carbons (Fsp3) is 0.100. The van der Waals surface area contributed by atoms with Crippen LogP contribution in [0.2, 0.25) is 10.2 Å². The first-order valence-corrected chi connectivity index (χ1v) is 8.74. The third-order valence-electron chi connectivity index (χ3n) is 3.72. The van der Waals surface area contributed by atoms with Gasteiger partial charge in [0.25, 0.3) is 5.91 Å². The number of halogens is 2. The third kappa shape index (κ3) is 4.75. The second-order valence-electron chi connectivity index (χ2n) is 5.52. The van der Waals surface area contributed by atoms with Crippen molar-refractivity contribution < 1.29 is 9.53 Å². The summed E-state index contributed by atoms with van der Waals surface area (Å²) in [6.07, 6.45) is 0. The van der Waals surface area contributed by atoms with Gasteiger partial charge in [0.05, 0.1) is 5.02 Å². The molecule has 26 heavy (non-hydrogen) atoms. The summed E-state index contributed by atoms with van der Waals surface area (Å²) in [6.45, 7) is 0.740. The van der Waals surface area contributed by atoms with Crippen molar-refractivity contribution in [1.82, 2.24) is 10.3 Å². The smallest absolute Gasteiger partial charge is 0.271 e. The molecule has 6 heteroatoms. The molecule has 1 N–H and O–H groups in total. The predicted octanol–water partition coefficient (Wildman–Crippen LogP) is 4.90. The lowest BCUT2D eigenvalue weighted by Gasteiger charge is -2.12. The van der Waals surface area contributed by atoms with E-state index < -0.39 is 0 Å². The molecule has 0 fully saturated rings. The number of rotatable bonds is 6. The lowest BCUT2D eigenvalue weighted by atomic mass is 10.1. The van der Waals surface area contributed by atoms with E-state index in [2.05, 4.69) is 10.3 Å². The van der Waals surface area contributed by atoms with E-state index in [9.17, 15) is 4.79 Å². The number of aromatic nitrogens is 1. The largest absolute Gasteiger partial charge is 0.489 e. The zero-order valence-corrected chi connectivity index (χ0v) is 15.3. The van der Waals surface area contributed by atoms with E-state index in [0.29, 0.717) is 13.2 Å². The Kier molecular flexibility index (Phi) is 6.10. The molecule has 0 radical (unpaired) electrons. The number of hydrogen-bond donors (Lipinski definition) is 1. The van der Waals surface area contributed by atoms with Crippen molar-refractivity contribution in [3.63, 3.8) is 0 Å². The summed E-state index contributed by atoms with van der Waals surface area (Å²) in [7, 11) is 0. The van der Waals surface area contributed by atoms with Gasteiger partial charge in [-0.3, -0.25) is 4.79 Å². The molecular formula is C20H16Cl2N2O2. The van der Waals surface area contributed by atoms with Crippen LogP contribution in [0.3, 0.4) is 0 Å². The molecule has 4 nitrogen and oxygen atoms in total. The van der Waals surface area contributed by atoms with Crippen LogP contribution in [0, 0.1) is 0 Å². The minimum Gasteiger partial charge on any atom is -0.489 e. The maximum atomic E-state index is 12.3.